The lowest BCUT2D eigenvalue weighted by Crippen LogP contribution is -2.25. The molecule has 0 spiro atoms. The zero-order valence-electron chi connectivity index (χ0n) is 13.4. The molecule has 2 aromatic carbocycles. The summed E-state index contributed by atoms with van der Waals surface area (Å²) in [7, 11) is 1.63. The first kappa shape index (κ1) is 15.8. The second-order valence-corrected chi connectivity index (χ2v) is 5.30. The van der Waals surface area contributed by atoms with Crippen molar-refractivity contribution >= 4 is 5.91 Å². The SMILES string of the molecule is COc1cccc(CCNC(=O)c2cc(-c3ccccc3)on2)c1. The molecule has 0 atom stereocenters. The molecule has 0 saturated carbocycles. The first-order valence-corrected chi connectivity index (χ1v) is 7.69. The van der Waals surface area contributed by atoms with E-state index in [0.717, 1.165) is 16.9 Å². The third kappa shape index (κ3) is 3.81. The summed E-state index contributed by atoms with van der Waals surface area (Å²) in [5.41, 5.74) is 2.26. The molecule has 1 aromatic heterocycles. The maximum absolute atomic E-state index is 12.1. The van der Waals surface area contributed by atoms with Crippen molar-refractivity contribution in [1.82, 2.24) is 10.5 Å². The molecule has 0 aliphatic heterocycles. The molecule has 0 bridgehead atoms. The first-order valence-electron chi connectivity index (χ1n) is 7.69. The smallest absolute Gasteiger partial charge is 0.273 e. The molecular formula is C19H18N2O3. The minimum atomic E-state index is -0.246. The molecule has 0 fully saturated rings. The van der Waals surface area contributed by atoms with Gasteiger partial charge in [0, 0.05) is 18.2 Å². The quantitative estimate of drug-likeness (QED) is 0.756. The van der Waals surface area contributed by atoms with E-state index in [1.165, 1.54) is 0 Å². The van der Waals surface area contributed by atoms with Crippen LogP contribution in [0.25, 0.3) is 11.3 Å². The van der Waals surface area contributed by atoms with E-state index in [2.05, 4.69) is 10.5 Å². The van der Waals surface area contributed by atoms with E-state index in [1.807, 2.05) is 54.6 Å². The average Bonchev–Trinajstić information content (AvgIpc) is 3.13. The molecule has 0 radical (unpaired) electrons. The van der Waals surface area contributed by atoms with Gasteiger partial charge in [-0.3, -0.25) is 4.79 Å². The summed E-state index contributed by atoms with van der Waals surface area (Å²) >= 11 is 0. The molecule has 0 saturated heterocycles. The molecule has 24 heavy (non-hydrogen) atoms. The maximum atomic E-state index is 12.1. The Bertz CT molecular complexity index is 812. The number of nitrogens with one attached hydrogen (secondary N) is 1. The van der Waals surface area contributed by atoms with Gasteiger partial charge in [-0.25, -0.2) is 0 Å². The van der Waals surface area contributed by atoms with E-state index in [0.29, 0.717) is 18.7 Å². The maximum Gasteiger partial charge on any atom is 0.273 e. The Hall–Kier alpha value is -3.08. The second-order valence-electron chi connectivity index (χ2n) is 5.30. The Kier molecular flexibility index (Phi) is 4.91. The van der Waals surface area contributed by atoms with Crippen LogP contribution in [0.15, 0.2) is 65.2 Å². The van der Waals surface area contributed by atoms with Gasteiger partial charge in [0.1, 0.15) is 5.75 Å². The van der Waals surface area contributed by atoms with Crippen LogP contribution in [0.3, 0.4) is 0 Å². The number of ether oxygens (including phenoxy) is 1. The molecule has 0 unspecified atom stereocenters. The summed E-state index contributed by atoms with van der Waals surface area (Å²) in [4.78, 5) is 12.1. The highest BCUT2D eigenvalue weighted by Gasteiger charge is 2.13. The van der Waals surface area contributed by atoms with E-state index in [-0.39, 0.29) is 11.6 Å². The Balaban J connectivity index is 1.56. The topological polar surface area (TPSA) is 64.4 Å². The summed E-state index contributed by atoms with van der Waals surface area (Å²) in [6.07, 6.45) is 0.715. The van der Waals surface area contributed by atoms with Gasteiger partial charge in [-0.15, -0.1) is 0 Å². The third-order valence-electron chi connectivity index (χ3n) is 3.63. The molecule has 5 heteroatoms. The average molecular weight is 322 g/mol. The summed E-state index contributed by atoms with van der Waals surface area (Å²) in [5.74, 6) is 1.14. The standard InChI is InChI=1S/C19H18N2O3/c1-23-16-9-5-6-14(12-16)10-11-20-19(22)17-13-18(24-21-17)15-7-3-2-4-8-15/h2-9,12-13H,10-11H2,1H3,(H,20,22). The van der Waals surface area contributed by atoms with Crippen LogP contribution in [0.1, 0.15) is 16.1 Å². The van der Waals surface area contributed by atoms with E-state index >= 15 is 0 Å². The minimum Gasteiger partial charge on any atom is -0.497 e. The highest BCUT2D eigenvalue weighted by Crippen LogP contribution is 2.19. The molecule has 122 valence electrons. The summed E-state index contributed by atoms with van der Waals surface area (Å²) < 4.78 is 10.4. The second kappa shape index (κ2) is 7.46. The fourth-order valence-electron chi connectivity index (χ4n) is 2.36. The number of rotatable bonds is 6. The molecule has 1 amide bonds. The Labute approximate surface area is 140 Å². The van der Waals surface area contributed by atoms with Crippen LogP contribution in [-0.2, 0) is 6.42 Å². The van der Waals surface area contributed by atoms with Crippen molar-refractivity contribution in [3.63, 3.8) is 0 Å². The van der Waals surface area contributed by atoms with Crippen molar-refractivity contribution in [2.24, 2.45) is 0 Å². The predicted octanol–water partition coefficient (Wildman–Crippen LogP) is 3.32. The van der Waals surface area contributed by atoms with Crippen LogP contribution >= 0.6 is 0 Å². The zero-order valence-corrected chi connectivity index (χ0v) is 13.4. The number of benzene rings is 2. The van der Waals surface area contributed by atoms with Crippen molar-refractivity contribution in [2.45, 2.75) is 6.42 Å². The number of aromatic nitrogens is 1. The van der Waals surface area contributed by atoms with Crippen molar-refractivity contribution < 1.29 is 14.1 Å². The molecule has 5 nitrogen and oxygen atoms in total. The number of amides is 1. The van der Waals surface area contributed by atoms with Gasteiger partial charge in [0.2, 0.25) is 0 Å². The summed E-state index contributed by atoms with van der Waals surface area (Å²) in [6.45, 7) is 0.513. The van der Waals surface area contributed by atoms with Crippen LogP contribution in [-0.4, -0.2) is 24.7 Å². The van der Waals surface area contributed by atoms with Gasteiger partial charge in [0.05, 0.1) is 7.11 Å². The number of hydrogen-bond acceptors (Lipinski definition) is 4. The van der Waals surface area contributed by atoms with E-state index in [1.54, 1.807) is 13.2 Å². The van der Waals surface area contributed by atoms with Gasteiger partial charge in [0.25, 0.3) is 5.91 Å². The summed E-state index contributed by atoms with van der Waals surface area (Å²) in [5, 5.41) is 6.69. The number of nitrogens with zero attached hydrogens (tertiary/aromatic N) is 1. The van der Waals surface area contributed by atoms with E-state index < -0.39 is 0 Å². The molecule has 0 aliphatic carbocycles. The molecule has 0 aliphatic rings. The fourth-order valence-corrected chi connectivity index (χ4v) is 2.36. The largest absolute Gasteiger partial charge is 0.497 e. The Morgan fingerprint density at radius 2 is 1.96 bits per heavy atom. The monoisotopic (exact) mass is 322 g/mol. The zero-order chi connectivity index (χ0) is 16.8. The van der Waals surface area contributed by atoms with Crippen LogP contribution < -0.4 is 10.1 Å². The minimum absolute atomic E-state index is 0.246. The van der Waals surface area contributed by atoms with Crippen molar-refractivity contribution in [1.29, 1.82) is 0 Å². The highest BCUT2D eigenvalue weighted by atomic mass is 16.5. The Morgan fingerprint density at radius 3 is 2.75 bits per heavy atom. The molecule has 3 aromatic rings. The molecule has 3 rings (SSSR count). The van der Waals surface area contributed by atoms with E-state index in [4.69, 9.17) is 9.26 Å². The lowest BCUT2D eigenvalue weighted by atomic mass is 10.1. The molecular weight excluding hydrogens is 304 g/mol. The number of hydrogen-bond donors (Lipinski definition) is 1. The van der Waals surface area contributed by atoms with Gasteiger partial charge in [-0.2, -0.15) is 0 Å². The highest BCUT2D eigenvalue weighted by molar-refractivity contribution is 5.93. The lowest BCUT2D eigenvalue weighted by Gasteiger charge is -2.05. The third-order valence-corrected chi connectivity index (χ3v) is 3.63. The number of carbonyl (C=O) groups excluding carboxylic acids is 1. The van der Waals surface area contributed by atoms with Gasteiger partial charge in [-0.1, -0.05) is 47.6 Å². The van der Waals surface area contributed by atoms with Gasteiger partial charge in [-0.05, 0) is 24.1 Å². The van der Waals surface area contributed by atoms with Crippen molar-refractivity contribution in [3.8, 4) is 17.1 Å². The summed E-state index contributed by atoms with van der Waals surface area (Å²) in [6, 6.07) is 19.0. The first-order chi connectivity index (χ1) is 11.8. The van der Waals surface area contributed by atoms with Crippen molar-refractivity contribution in [2.75, 3.05) is 13.7 Å². The normalized spacial score (nSPS) is 10.4. The number of methoxy groups -OCH3 is 1. The van der Waals surface area contributed by atoms with Crippen LogP contribution in [0, 0.1) is 0 Å². The molecule has 1 N–H and O–H groups in total. The van der Waals surface area contributed by atoms with Gasteiger partial charge >= 0.3 is 0 Å². The fraction of sp³-hybridized carbons (Fsp3) is 0.158. The van der Waals surface area contributed by atoms with Gasteiger partial charge < -0.3 is 14.6 Å². The van der Waals surface area contributed by atoms with Crippen LogP contribution in [0.2, 0.25) is 0 Å². The van der Waals surface area contributed by atoms with Crippen LogP contribution in [0.4, 0.5) is 0 Å². The lowest BCUT2D eigenvalue weighted by molar-refractivity contribution is 0.0945. The predicted molar refractivity (Wildman–Crippen MR) is 91.0 cm³/mol. The molecule has 1 heterocycles. The van der Waals surface area contributed by atoms with Gasteiger partial charge in [0.15, 0.2) is 11.5 Å². The van der Waals surface area contributed by atoms with Crippen LogP contribution in [0.5, 0.6) is 5.75 Å². The van der Waals surface area contributed by atoms with Crippen molar-refractivity contribution in [3.05, 3.63) is 71.9 Å². The Morgan fingerprint density at radius 1 is 1.12 bits per heavy atom. The van der Waals surface area contributed by atoms with E-state index in [9.17, 15) is 4.79 Å². The number of carbonyl (C=O) groups is 1.